The average molecular weight is 347 g/mol. The van der Waals surface area contributed by atoms with Crippen LogP contribution >= 0.6 is 11.6 Å². The maximum atomic E-state index is 12.0. The molecule has 0 unspecified atom stereocenters. The highest BCUT2D eigenvalue weighted by Crippen LogP contribution is 2.25. The van der Waals surface area contributed by atoms with Crippen LogP contribution in [0, 0.1) is 6.92 Å². The lowest BCUT2D eigenvalue weighted by Gasteiger charge is -2.24. The van der Waals surface area contributed by atoms with Gasteiger partial charge in [-0.05, 0) is 37.1 Å². The van der Waals surface area contributed by atoms with Crippen molar-refractivity contribution in [1.29, 1.82) is 0 Å². The van der Waals surface area contributed by atoms with Crippen LogP contribution in [-0.2, 0) is 14.8 Å². The predicted octanol–water partition coefficient (Wildman–Crippen LogP) is 2.72. The topological polar surface area (TPSA) is 66.5 Å². The maximum Gasteiger partial charge on any atom is 0.232 e. The Balaban J connectivity index is 2.81. The summed E-state index contributed by atoms with van der Waals surface area (Å²) in [5.74, 6) is -0.145. The highest BCUT2D eigenvalue weighted by Gasteiger charge is 2.20. The number of benzene rings is 1. The number of hydrogen-bond acceptors (Lipinski definition) is 3. The van der Waals surface area contributed by atoms with Gasteiger partial charge in [-0.25, -0.2) is 8.42 Å². The molecular weight excluding hydrogens is 324 g/mol. The summed E-state index contributed by atoms with van der Waals surface area (Å²) in [5, 5.41) is 3.33. The Morgan fingerprint density at radius 3 is 2.59 bits per heavy atom. The second kappa shape index (κ2) is 8.39. The van der Waals surface area contributed by atoms with E-state index in [0.717, 1.165) is 24.7 Å². The summed E-state index contributed by atoms with van der Waals surface area (Å²) in [6.45, 7) is 4.56. The van der Waals surface area contributed by atoms with Crippen LogP contribution in [-0.4, -0.2) is 33.7 Å². The minimum absolute atomic E-state index is 0.110. The van der Waals surface area contributed by atoms with Crippen LogP contribution < -0.4 is 9.62 Å². The third-order valence-electron chi connectivity index (χ3n) is 3.22. The SMILES string of the molecule is CCCCNC(=O)CCN(c1ccc(Cl)cc1C)S(C)(=O)=O. The van der Waals surface area contributed by atoms with Crippen LogP contribution in [0.1, 0.15) is 31.7 Å². The highest BCUT2D eigenvalue weighted by molar-refractivity contribution is 7.92. The summed E-state index contributed by atoms with van der Waals surface area (Å²) in [5.41, 5.74) is 1.30. The molecule has 0 heterocycles. The fourth-order valence-electron chi connectivity index (χ4n) is 2.06. The Morgan fingerprint density at radius 2 is 2.05 bits per heavy atom. The van der Waals surface area contributed by atoms with Gasteiger partial charge in [0.2, 0.25) is 15.9 Å². The Morgan fingerprint density at radius 1 is 1.36 bits per heavy atom. The summed E-state index contributed by atoms with van der Waals surface area (Å²) in [6, 6.07) is 5.01. The maximum absolute atomic E-state index is 12.0. The van der Waals surface area contributed by atoms with Crippen molar-refractivity contribution < 1.29 is 13.2 Å². The summed E-state index contributed by atoms with van der Waals surface area (Å²) in [6.07, 6.45) is 3.17. The Kier molecular flexibility index (Phi) is 7.16. The van der Waals surface area contributed by atoms with E-state index < -0.39 is 10.0 Å². The molecule has 1 aromatic rings. The van der Waals surface area contributed by atoms with Crippen molar-refractivity contribution in [1.82, 2.24) is 5.32 Å². The zero-order valence-electron chi connectivity index (χ0n) is 13.2. The van der Waals surface area contributed by atoms with Gasteiger partial charge >= 0.3 is 0 Å². The fraction of sp³-hybridized carbons (Fsp3) is 0.533. The number of nitrogens with zero attached hydrogens (tertiary/aromatic N) is 1. The molecule has 0 saturated carbocycles. The molecule has 1 amide bonds. The first-order chi connectivity index (χ1) is 10.3. The quantitative estimate of drug-likeness (QED) is 0.736. The number of amides is 1. The molecule has 0 atom stereocenters. The number of halogens is 1. The van der Waals surface area contributed by atoms with Gasteiger partial charge in [0, 0.05) is 24.5 Å². The smallest absolute Gasteiger partial charge is 0.232 e. The second-order valence-corrected chi connectivity index (χ2v) is 7.56. The molecule has 1 aromatic carbocycles. The van der Waals surface area contributed by atoms with E-state index in [4.69, 9.17) is 11.6 Å². The van der Waals surface area contributed by atoms with E-state index in [-0.39, 0.29) is 18.9 Å². The lowest BCUT2D eigenvalue weighted by atomic mass is 10.2. The van der Waals surface area contributed by atoms with Crippen molar-refractivity contribution >= 4 is 33.2 Å². The number of anilines is 1. The van der Waals surface area contributed by atoms with Crippen molar-refractivity contribution in [2.24, 2.45) is 0 Å². The Labute approximate surface area is 137 Å². The first-order valence-electron chi connectivity index (χ1n) is 7.26. The normalized spacial score (nSPS) is 11.3. The van der Waals surface area contributed by atoms with Gasteiger partial charge < -0.3 is 5.32 Å². The third kappa shape index (κ3) is 5.85. The molecule has 124 valence electrons. The largest absolute Gasteiger partial charge is 0.356 e. The van der Waals surface area contributed by atoms with Gasteiger partial charge in [0.05, 0.1) is 11.9 Å². The molecule has 7 heteroatoms. The minimum Gasteiger partial charge on any atom is -0.356 e. The highest BCUT2D eigenvalue weighted by atomic mass is 35.5. The van der Waals surface area contributed by atoms with Crippen LogP contribution in [0.4, 0.5) is 5.69 Å². The van der Waals surface area contributed by atoms with Crippen LogP contribution in [0.15, 0.2) is 18.2 Å². The summed E-state index contributed by atoms with van der Waals surface area (Å²) < 4.78 is 25.3. The molecular formula is C15H23ClN2O3S. The molecule has 1 N–H and O–H groups in total. The minimum atomic E-state index is -3.46. The van der Waals surface area contributed by atoms with Crippen molar-refractivity contribution in [3.8, 4) is 0 Å². The number of nitrogens with one attached hydrogen (secondary N) is 1. The first kappa shape index (κ1) is 18.8. The average Bonchev–Trinajstić information content (AvgIpc) is 2.40. The number of carbonyl (C=O) groups is 1. The second-order valence-electron chi connectivity index (χ2n) is 5.22. The number of aryl methyl sites for hydroxylation is 1. The van der Waals surface area contributed by atoms with Gasteiger partial charge in [-0.1, -0.05) is 24.9 Å². The lowest BCUT2D eigenvalue weighted by molar-refractivity contribution is -0.120. The van der Waals surface area contributed by atoms with E-state index in [2.05, 4.69) is 5.32 Å². The number of sulfonamides is 1. The molecule has 0 aliphatic heterocycles. The summed E-state index contributed by atoms with van der Waals surface area (Å²) in [7, 11) is -3.46. The number of unbranched alkanes of at least 4 members (excludes halogenated alkanes) is 1. The fourth-order valence-corrected chi connectivity index (χ4v) is 3.27. The van der Waals surface area contributed by atoms with E-state index in [9.17, 15) is 13.2 Å². The van der Waals surface area contributed by atoms with Gasteiger partial charge in [-0.15, -0.1) is 0 Å². The predicted molar refractivity (Wildman–Crippen MR) is 90.9 cm³/mol. The van der Waals surface area contributed by atoms with Gasteiger partial charge in [0.25, 0.3) is 0 Å². The monoisotopic (exact) mass is 346 g/mol. The van der Waals surface area contributed by atoms with Crippen molar-refractivity contribution in [3.63, 3.8) is 0 Å². The Hall–Kier alpha value is -1.27. The number of hydrogen-bond donors (Lipinski definition) is 1. The molecule has 0 bridgehead atoms. The van der Waals surface area contributed by atoms with Gasteiger partial charge in [0.1, 0.15) is 0 Å². The van der Waals surface area contributed by atoms with Crippen LogP contribution in [0.3, 0.4) is 0 Å². The molecule has 0 spiro atoms. The molecule has 22 heavy (non-hydrogen) atoms. The van der Waals surface area contributed by atoms with E-state index in [1.807, 2.05) is 6.92 Å². The van der Waals surface area contributed by atoms with Crippen LogP contribution in [0.2, 0.25) is 5.02 Å². The molecule has 0 fully saturated rings. The molecule has 0 saturated heterocycles. The zero-order valence-corrected chi connectivity index (χ0v) is 14.8. The van der Waals surface area contributed by atoms with Gasteiger partial charge in [0.15, 0.2) is 0 Å². The molecule has 5 nitrogen and oxygen atoms in total. The summed E-state index contributed by atoms with van der Waals surface area (Å²) >= 11 is 5.90. The van der Waals surface area contributed by atoms with Crippen molar-refractivity contribution in [3.05, 3.63) is 28.8 Å². The van der Waals surface area contributed by atoms with Crippen molar-refractivity contribution in [2.45, 2.75) is 33.1 Å². The molecule has 0 aromatic heterocycles. The third-order valence-corrected chi connectivity index (χ3v) is 4.64. The standard InChI is InChI=1S/C15H23ClN2O3S/c1-4-5-9-17-15(19)8-10-18(22(3,20)21)14-7-6-13(16)11-12(14)2/h6-7,11H,4-5,8-10H2,1-3H3,(H,17,19). The molecule has 1 rings (SSSR count). The zero-order chi connectivity index (χ0) is 16.8. The molecule has 0 aliphatic rings. The van der Waals surface area contributed by atoms with Crippen LogP contribution in [0.5, 0.6) is 0 Å². The van der Waals surface area contributed by atoms with E-state index >= 15 is 0 Å². The molecule has 0 radical (unpaired) electrons. The van der Waals surface area contributed by atoms with Gasteiger partial charge in [-0.2, -0.15) is 0 Å². The van der Waals surface area contributed by atoms with E-state index in [1.165, 1.54) is 4.31 Å². The Bertz CT molecular complexity index is 617. The first-order valence-corrected chi connectivity index (χ1v) is 9.49. The number of carbonyl (C=O) groups excluding carboxylic acids is 1. The van der Waals surface area contributed by atoms with E-state index in [1.54, 1.807) is 25.1 Å². The lowest BCUT2D eigenvalue weighted by Crippen LogP contribution is -2.35. The van der Waals surface area contributed by atoms with Gasteiger partial charge in [-0.3, -0.25) is 9.10 Å². The van der Waals surface area contributed by atoms with Crippen LogP contribution in [0.25, 0.3) is 0 Å². The number of rotatable bonds is 8. The van der Waals surface area contributed by atoms with E-state index in [0.29, 0.717) is 17.3 Å². The molecule has 0 aliphatic carbocycles. The van der Waals surface area contributed by atoms with Crippen molar-refractivity contribution in [2.75, 3.05) is 23.7 Å². The summed E-state index contributed by atoms with van der Waals surface area (Å²) in [4.78, 5) is 11.8.